The minimum Gasteiger partial charge on any atom is -0.454 e. The first-order valence-corrected chi connectivity index (χ1v) is 8.63. The van der Waals surface area contributed by atoms with E-state index in [-0.39, 0.29) is 11.4 Å². The minimum atomic E-state index is -0.769. The van der Waals surface area contributed by atoms with Crippen molar-refractivity contribution in [3.8, 4) is 0 Å². The number of anilines is 1. The molecular weight excluding hydrogens is 358 g/mol. The van der Waals surface area contributed by atoms with Crippen molar-refractivity contribution in [1.29, 1.82) is 0 Å². The third-order valence-corrected chi connectivity index (χ3v) is 4.53. The Morgan fingerprint density at radius 2 is 1.88 bits per heavy atom. The first kappa shape index (κ1) is 19.4. The quantitative estimate of drug-likeness (QED) is 0.772. The van der Waals surface area contributed by atoms with Gasteiger partial charge in [0, 0.05) is 16.8 Å². The van der Waals surface area contributed by atoms with Gasteiger partial charge in [0.1, 0.15) is 6.54 Å². The summed E-state index contributed by atoms with van der Waals surface area (Å²) in [7, 11) is 0. The van der Waals surface area contributed by atoms with Crippen molar-refractivity contribution in [3.63, 3.8) is 0 Å². The Morgan fingerprint density at radius 1 is 1.15 bits per heavy atom. The first-order chi connectivity index (χ1) is 12.3. The summed E-state index contributed by atoms with van der Waals surface area (Å²) in [6.07, 6.45) is 0. The predicted molar refractivity (Wildman–Crippen MR) is 97.4 cm³/mol. The van der Waals surface area contributed by atoms with Gasteiger partial charge in [-0.3, -0.25) is 24.3 Å². The number of thiazole rings is 1. The molecule has 0 aliphatic heterocycles. The van der Waals surface area contributed by atoms with Gasteiger partial charge in [-0.2, -0.15) is 0 Å². The maximum atomic E-state index is 11.8. The summed E-state index contributed by atoms with van der Waals surface area (Å²) in [5.74, 6) is -1.51. The highest BCUT2D eigenvalue weighted by molar-refractivity contribution is 7.07. The average Bonchev–Trinajstić information content (AvgIpc) is 2.88. The van der Waals surface area contributed by atoms with E-state index in [1.807, 2.05) is 19.9 Å². The van der Waals surface area contributed by atoms with Crippen LogP contribution in [0.5, 0.6) is 0 Å². The van der Waals surface area contributed by atoms with Crippen LogP contribution in [0.4, 0.5) is 10.5 Å². The standard InChI is InChI=1S/C17H19N3O5S/c1-10-4-5-13(6-11(10)2)18-16(23)19-14(21)8-25-15(22)7-20-12(3)9-26-17(20)24/h4-6,9H,7-8H2,1-3H3,(H2,18,19,21,23). The van der Waals surface area contributed by atoms with Crippen molar-refractivity contribution in [2.45, 2.75) is 27.3 Å². The summed E-state index contributed by atoms with van der Waals surface area (Å²) in [6, 6.07) is 4.62. The molecule has 0 bridgehead atoms. The Labute approximate surface area is 153 Å². The molecule has 0 aliphatic rings. The molecule has 9 heteroatoms. The number of aryl methyl sites for hydroxylation is 3. The van der Waals surface area contributed by atoms with Crippen LogP contribution in [0.1, 0.15) is 16.8 Å². The lowest BCUT2D eigenvalue weighted by atomic mass is 10.1. The van der Waals surface area contributed by atoms with E-state index < -0.39 is 24.5 Å². The van der Waals surface area contributed by atoms with Crippen molar-refractivity contribution in [1.82, 2.24) is 9.88 Å². The number of aromatic nitrogens is 1. The molecular formula is C17H19N3O5S. The Hall–Kier alpha value is -2.94. The van der Waals surface area contributed by atoms with Crippen LogP contribution >= 0.6 is 11.3 Å². The molecule has 8 nitrogen and oxygen atoms in total. The van der Waals surface area contributed by atoms with Crippen LogP contribution in [-0.4, -0.2) is 29.1 Å². The highest BCUT2D eigenvalue weighted by Crippen LogP contribution is 2.13. The summed E-state index contributed by atoms with van der Waals surface area (Å²) < 4.78 is 6.03. The molecule has 138 valence electrons. The number of hydrogen-bond donors (Lipinski definition) is 2. The van der Waals surface area contributed by atoms with Crippen molar-refractivity contribution in [2.75, 3.05) is 11.9 Å². The van der Waals surface area contributed by atoms with E-state index in [1.54, 1.807) is 24.4 Å². The Bertz CT molecular complexity index is 900. The lowest BCUT2D eigenvalue weighted by molar-refractivity contribution is -0.148. The monoisotopic (exact) mass is 377 g/mol. The number of imide groups is 1. The van der Waals surface area contributed by atoms with E-state index >= 15 is 0 Å². The third kappa shape index (κ3) is 5.28. The lowest BCUT2D eigenvalue weighted by Gasteiger charge is -2.09. The molecule has 0 saturated heterocycles. The summed E-state index contributed by atoms with van der Waals surface area (Å²) in [5, 5.41) is 6.22. The molecule has 0 saturated carbocycles. The van der Waals surface area contributed by atoms with Gasteiger partial charge >= 0.3 is 16.9 Å². The van der Waals surface area contributed by atoms with Gasteiger partial charge in [0.25, 0.3) is 5.91 Å². The Balaban J connectivity index is 1.79. The zero-order chi connectivity index (χ0) is 19.3. The van der Waals surface area contributed by atoms with Crippen LogP contribution in [-0.2, 0) is 20.9 Å². The van der Waals surface area contributed by atoms with Gasteiger partial charge in [-0.1, -0.05) is 17.4 Å². The lowest BCUT2D eigenvalue weighted by Crippen LogP contribution is -2.37. The van der Waals surface area contributed by atoms with Crippen LogP contribution in [0.25, 0.3) is 0 Å². The summed E-state index contributed by atoms with van der Waals surface area (Å²) >= 11 is 0.976. The molecule has 0 fully saturated rings. The number of nitrogens with one attached hydrogen (secondary N) is 2. The molecule has 0 spiro atoms. The van der Waals surface area contributed by atoms with E-state index in [9.17, 15) is 19.2 Å². The molecule has 1 aromatic heterocycles. The van der Waals surface area contributed by atoms with Gasteiger partial charge in [0.2, 0.25) is 0 Å². The molecule has 0 unspecified atom stereocenters. The van der Waals surface area contributed by atoms with Crippen molar-refractivity contribution < 1.29 is 19.1 Å². The highest BCUT2D eigenvalue weighted by atomic mass is 32.1. The van der Waals surface area contributed by atoms with Crippen molar-refractivity contribution in [3.05, 3.63) is 50.1 Å². The number of esters is 1. The second-order valence-electron chi connectivity index (χ2n) is 5.69. The summed E-state index contributed by atoms with van der Waals surface area (Å²) in [4.78, 5) is 46.4. The maximum Gasteiger partial charge on any atom is 0.326 e. The Kier molecular flexibility index (Phi) is 6.29. The van der Waals surface area contributed by atoms with E-state index in [2.05, 4.69) is 10.6 Å². The number of hydrogen-bond acceptors (Lipinski definition) is 6. The van der Waals surface area contributed by atoms with Crippen LogP contribution in [0, 0.1) is 20.8 Å². The predicted octanol–water partition coefficient (Wildman–Crippen LogP) is 1.73. The number of benzene rings is 1. The molecule has 1 heterocycles. The Morgan fingerprint density at radius 3 is 2.50 bits per heavy atom. The van der Waals surface area contributed by atoms with Gasteiger partial charge in [-0.05, 0) is 44.0 Å². The number of amides is 3. The van der Waals surface area contributed by atoms with Gasteiger partial charge in [0.05, 0.1) is 0 Å². The fourth-order valence-corrected chi connectivity index (χ4v) is 2.80. The minimum absolute atomic E-state index is 0.281. The second kappa shape index (κ2) is 8.43. The van der Waals surface area contributed by atoms with Gasteiger partial charge in [0.15, 0.2) is 6.61 Å². The molecule has 0 radical (unpaired) electrons. The SMILES string of the molecule is Cc1ccc(NC(=O)NC(=O)COC(=O)Cn2c(C)csc2=O)cc1C. The number of nitrogens with zero attached hydrogens (tertiary/aromatic N) is 1. The number of rotatable bonds is 5. The van der Waals surface area contributed by atoms with Gasteiger partial charge < -0.3 is 10.1 Å². The molecule has 2 aromatic rings. The smallest absolute Gasteiger partial charge is 0.326 e. The van der Waals surface area contributed by atoms with Crippen molar-refractivity contribution in [2.24, 2.45) is 0 Å². The highest BCUT2D eigenvalue weighted by Gasteiger charge is 2.13. The molecule has 0 aliphatic carbocycles. The zero-order valence-corrected chi connectivity index (χ0v) is 15.4. The van der Waals surface area contributed by atoms with Crippen LogP contribution in [0.2, 0.25) is 0 Å². The number of ether oxygens (including phenoxy) is 1. The van der Waals surface area contributed by atoms with Crippen LogP contribution in [0.15, 0.2) is 28.4 Å². The zero-order valence-electron chi connectivity index (χ0n) is 14.6. The fourth-order valence-electron chi connectivity index (χ4n) is 2.06. The topological polar surface area (TPSA) is 106 Å². The van der Waals surface area contributed by atoms with Crippen LogP contribution < -0.4 is 15.5 Å². The van der Waals surface area contributed by atoms with E-state index in [1.165, 1.54) is 4.57 Å². The molecule has 26 heavy (non-hydrogen) atoms. The van der Waals surface area contributed by atoms with Gasteiger partial charge in [-0.15, -0.1) is 0 Å². The number of carbonyl (C=O) groups excluding carboxylic acids is 3. The fraction of sp³-hybridized carbons (Fsp3) is 0.294. The summed E-state index contributed by atoms with van der Waals surface area (Å²) in [5.41, 5.74) is 3.26. The van der Waals surface area contributed by atoms with Crippen LogP contribution in [0.3, 0.4) is 0 Å². The molecule has 1 aromatic carbocycles. The van der Waals surface area contributed by atoms with Gasteiger partial charge in [-0.25, -0.2) is 4.79 Å². The number of urea groups is 1. The molecule has 3 amide bonds. The molecule has 0 atom stereocenters. The molecule has 2 rings (SSSR count). The summed E-state index contributed by atoms with van der Waals surface area (Å²) in [6.45, 7) is 4.65. The maximum absolute atomic E-state index is 11.8. The van der Waals surface area contributed by atoms with E-state index in [4.69, 9.17) is 4.74 Å². The van der Waals surface area contributed by atoms with Crippen molar-refractivity contribution >= 4 is 34.9 Å². The number of carbonyl (C=O) groups is 3. The van der Waals surface area contributed by atoms with E-state index in [0.717, 1.165) is 22.5 Å². The largest absolute Gasteiger partial charge is 0.454 e. The second-order valence-corrected chi connectivity index (χ2v) is 6.51. The molecule has 2 N–H and O–H groups in total. The third-order valence-electron chi connectivity index (χ3n) is 3.65. The van der Waals surface area contributed by atoms with E-state index in [0.29, 0.717) is 11.4 Å². The average molecular weight is 377 g/mol. The first-order valence-electron chi connectivity index (χ1n) is 7.75. The normalized spacial score (nSPS) is 10.3.